The number of esters is 1. The van der Waals surface area contributed by atoms with Crippen molar-refractivity contribution in [2.24, 2.45) is 5.10 Å². The van der Waals surface area contributed by atoms with Crippen LogP contribution in [-0.2, 0) is 9.53 Å². The zero-order valence-corrected chi connectivity index (χ0v) is 11.1. The second kappa shape index (κ2) is 6.69. The van der Waals surface area contributed by atoms with Gasteiger partial charge in [0.1, 0.15) is 11.4 Å². The number of benzene rings is 1. The summed E-state index contributed by atoms with van der Waals surface area (Å²) in [6.45, 7) is 3.34. The number of nitro benzene ring substituents is 1. The van der Waals surface area contributed by atoms with E-state index in [-0.39, 0.29) is 28.7 Å². The second-order valence-corrected chi connectivity index (χ2v) is 3.88. The van der Waals surface area contributed by atoms with Crippen LogP contribution in [0.1, 0.15) is 13.8 Å². The Kier molecular flexibility index (Phi) is 5.25. The lowest BCUT2D eigenvalue weighted by molar-refractivity contribution is -0.383. The molecule has 1 N–H and O–H groups in total. The Hall–Kier alpha value is -2.15. The van der Waals surface area contributed by atoms with Crippen molar-refractivity contribution >= 4 is 34.7 Å². The molecule has 0 atom stereocenters. The number of nitro groups is 1. The molecule has 19 heavy (non-hydrogen) atoms. The SMILES string of the molecule is CCOC(=O)/C(C)=N\Nc1ccc(Cl)cc1[N+](=O)[O-]. The number of nitrogens with one attached hydrogen (secondary N) is 1. The van der Waals surface area contributed by atoms with E-state index in [1.807, 2.05) is 0 Å². The third-order valence-corrected chi connectivity index (χ3v) is 2.31. The minimum atomic E-state index is -0.594. The zero-order valence-electron chi connectivity index (χ0n) is 10.3. The molecule has 7 nitrogen and oxygen atoms in total. The summed E-state index contributed by atoms with van der Waals surface area (Å²) in [6.07, 6.45) is 0. The standard InChI is InChI=1S/C11H12ClN3O4/c1-3-19-11(16)7(2)13-14-9-5-4-8(12)6-10(9)15(17)18/h4-6,14H,3H2,1-2H3/b13-7-. The zero-order chi connectivity index (χ0) is 14.4. The van der Waals surface area contributed by atoms with E-state index >= 15 is 0 Å². The van der Waals surface area contributed by atoms with Crippen molar-refractivity contribution in [1.29, 1.82) is 0 Å². The predicted octanol–water partition coefficient (Wildman–Crippen LogP) is 2.60. The van der Waals surface area contributed by atoms with Gasteiger partial charge in [0.05, 0.1) is 11.5 Å². The predicted molar refractivity (Wildman–Crippen MR) is 71.5 cm³/mol. The third kappa shape index (κ3) is 4.22. The van der Waals surface area contributed by atoms with Gasteiger partial charge in [-0.3, -0.25) is 15.5 Å². The third-order valence-electron chi connectivity index (χ3n) is 2.07. The summed E-state index contributed by atoms with van der Waals surface area (Å²) in [5, 5.41) is 14.8. The molecule has 1 rings (SSSR count). The van der Waals surface area contributed by atoms with Crippen LogP contribution in [0.15, 0.2) is 23.3 Å². The van der Waals surface area contributed by atoms with E-state index < -0.39 is 10.9 Å². The van der Waals surface area contributed by atoms with Crippen LogP contribution in [0.3, 0.4) is 0 Å². The second-order valence-electron chi connectivity index (χ2n) is 3.45. The highest BCUT2D eigenvalue weighted by Crippen LogP contribution is 2.27. The van der Waals surface area contributed by atoms with Gasteiger partial charge in [0.25, 0.3) is 5.69 Å². The highest BCUT2D eigenvalue weighted by molar-refractivity contribution is 6.35. The van der Waals surface area contributed by atoms with Gasteiger partial charge in [-0.1, -0.05) is 11.6 Å². The summed E-state index contributed by atoms with van der Waals surface area (Å²) in [6, 6.07) is 4.08. The molecular weight excluding hydrogens is 274 g/mol. The van der Waals surface area contributed by atoms with E-state index in [4.69, 9.17) is 16.3 Å². The van der Waals surface area contributed by atoms with Crippen molar-refractivity contribution in [3.05, 3.63) is 33.3 Å². The summed E-state index contributed by atoms with van der Waals surface area (Å²) in [5.74, 6) is -0.591. The first-order chi connectivity index (χ1) is 8.95. The molecule has 0 radical (unpaired) electrons. The summed E-state index contributed by atoms with van der Waals surface area (Å²) in [7, 11) is 0. The lowest BCUT2D eigenvalue weighted by atomic mass is 10.3. The fourth-order valence-electron chi connectivity index (χ4n) is 1.18. The average Bonchev–Trinajstić information content (AvgIpc) is 2.36. The van der Waals surface area contributed by atoms with E-state index in [9.17, 15) is 14.9 Å². The van der Waals surface area contributed by atoms with E-state index in [2.05, 4.69) is 10.5 Å². The van der Waals surface area contributed by atoms with Crippen LogP contribution in [0.4, 0.5) is 11.4 Å². The van der Waals surface area contributed by atoms with Gasteiger partial charge in [0.2, 0.25) is 0 Å². The average molecular weight is 286 g/mol. The van der Waals surface area contributed by atoms with Crippen molar-refractivity contribution in [1.82, 2.24) is 0 Å². The van der Waals surface area contributed by atoms with Crippen molar-refractivity contribution < 1.29 is 14.5 Å². The Morgan fingerprint density at radius 1 is 1.58 bits per heavy atom. The van der Waals surface area contributed by atoms with E-state index in [1.165, 1.54) is 25.1 Å². The van der Waals surface area contributed by atoms with Gasteiger partial charge in [0.15, 0.2) is 0 Å². The van der Waals surface area contributed by atoms with Crippen LogP contribution in [0.5, 0.6) is 0 Å². The van der Waals surface area contributed by atoms with Crippen LogP contribution in [0.25, 0.3) is 0 Å². The molecule has 102 valence electrons. The lowest BCUT2D eigenvalue weighted by Crippen LogP contribution is -2.15. The molecule has 0 aliphatic carbocycles. The van der Waals surface area contributed by atoms with Crippen LogP contribution in [0, 0.1) is 10.1 Å². The fraction of sp³-hybridized carbons (Fsp3) is 0.273. The Labute approximate surface area is 114 Å². The number of carbonyl (C=O) groups is 1. The largest absolute Gasteiger partial charge is 0.461 e. The number of anilines is 1. The van der Waals surface area contributed by atoms with Crippen molar-refractivity contribution in [2.75, 3.05) is 12.0 Å². The number of hydrogen-bond donors (Lipinski definition) is 1. The summed E-state index contributed by atoms with van der Waals surface area (Å²) in [5.41, 5.74) is 2.42. The molecule has 0 aliphatic rings. The monoisotopic (exact) mass is 285 g/mol. The van der Waals surface area contributed by atoms with Gasteiger partial charge in [-0.15, -0.1) is 0 Å². The molecule has 0 aromatic heterocycles. The molecule has 1 aromatic carbocycles. The molecule has 0 bridgehead atoms. The molecule has 0 spiro atoms. The Balaban J connectivity index is 2.91. The summed E-state index contributed by atoms with van der Waals surface area (Å²) < 4.78 is 4.72. The Bertz CT molecular complexity index is 531. The molecule has 0 amide bonds. The normalized spacial score (nSPS) is 11.0. The van der Waals surface area contributed by atoms with Crippen molar-refractivity contribution in [3.63, 3.8) is 0 Å². The van der Waals surface area contributed by atoms with Crippen LogP contribution >= 0.6 is 11.6 Å². The van der Waals surface area contributed by atoms with E-state index in [0.29, 0.717) is 0 Å². The maximum absolute atomic E-state index is 11.3. The number of carbonyl (C=O) groups excluding carboxylic acids is 1. The first-order valence-corrected chi connectivity index (χ1v) is 5.74. The minimum absolute atomic E-state index is 0.0612. The molecule has 8 heteroatoms. The van der Waals surface area contributed by atoms with Crippen LogP contribution in [0.2, 0.25) is 5.02 Å². The summed E-state index contributed by atoms with van der Waals surface area (Å²) >= 11 is 5.67. The van der Waals surface area contributed by atoms with Gasteiger partial charge in [-0.2, -0.15) is 5.10 Å². The number of hydrazone groups is 1. The van der Waals surface area contributed by atoms with E-state index in [1.54, 1.807) is 6.92 Å². The van der Waals surface area contributed by atoms with Gasteiger partial charge in [-0.05, 0) is 26.0 Å². The minimum Gasteiger partial charge on any atom is -0.461 e. The van der Waals surface area contributed by atoms with Crippen LogP contribution in [-0.4, -0.2) is 23.2 Å². The van der Waals surface area contributed by atoms with Crippen LogP contribution < -0.4 is 5.43 Å². The lowest BCUT2D eigenvalue weighted by Gasteiger charge is -2.04. The highest BCUT2D eigenvalue weighted by Gasteiger charge is 2.14. The maximum Gasteiger partial charge on any atom is 0.354 e. The molecule has 0 saturated carbocycles. The van der Waals surface area contributed by atoms with E-state index in [0.717, 1.165) is 0 Å². The number of halogens is 1. The van der Waals surface area contributed by atoms with Gasteiger partial charge >= 0.3 is 5.97 Å². The molecule has 0 fully saturated rings. The van der Waals surface area contributed by atoms with Gasteiger partial charge < -0.3 is 4.74 Å². The molecule has 0 unspecified atom stereocenters. The molecule has 1 aromatic rings. The van der Waals surface area contributed by atoms with Crippen molar-refractivity contribution in [2.45, 2.75) is 13.8 Å². The fourth-order valence-corrected chi connectivity index (χ4v) is 1.34. The summed E-state index contributed by atoms with van der Waals surface area (Å²) in [4.78, 5) is 21.5. The van der Waals surface area contributed by atoms with Gasteiger partial charge in [0, 0.05) is 11.1 Å². The maximum atomic E-state index is 11.3. The smallest absolute Gasteiger partial charge is 0.354 e. The topological polar surface area (TPSA) is 93.8 Å². The molecule has 0 aliphatic heterocycles. The number of ether oxygens (including phenoxy) is 1. The molecule has 0 heterocycles. The van der Waals surface area contributed by atoms with Crippen molar-refractivity contribution in [3.8, 4) is 0 Å². The highest BCUT2D eigenvalue weighted by atomic mass is 35.5. The quantitative estimate of drug-likeness (QED) is 0.388. The first-order valence-electron chi connectivity index (χ1n) is 5.37. The Morgan fingerprint density at radius 3 is 2.84 bits per heavy atom. The molecular formula is C11H12ClN3O4. The first kappa shape index (κ1) is 14.9. The number of hydrogen-bond acceptors (Lipinski definition) is 6. The number of nitrogens with zero attached hydrogens (tertiary/aromatic N) is 2. The molecule has 0 saturated heterocycles. The Morgan fingerprint density at radius 2 is 2.26 bits per heavy atom. The number of rotatable bonds is 5. The van der Waals surface area contributed by atoms with Gasteiger partial charge in [-0.25, -0.2) is 4.79 Å².